The zero-order valence-electron chi connectivity index (χ0n) is 11.2. The van der Waals surface area contributed by atoms with Crippen molar-refractivity contribution >= 4 is 7.94 Å². The van der Waals surface area contributed by atoms with Gasteiger partial charge in [-0.2, -0.15) is 4.52 Å². The maximum Gasteiger partial charge on any atom is 0.494 e. The summed E-state index contributed by atoms with van der Waals surface area (Å²) < 4.78 is 17.5. The topological polar surface area (TPSA) is 27.7 Å². The molecule has 0 aliphatic heterocycles. The molecule has 4 heteroatoms. The predicted octanol–water partition coefficient (Wildman–Crippen LogP) is 4.57. The fraction of sp³-hybridized carbons (Fsp3) is 0.200. The molecule has 0 aliphatic rings. The Hall–Kier alpha value is -1.57. The van der Waals surface area contributed by atoms with Crippen molar-refractivity contribution in [3.05, 3.63) is 60.7 Å². The van der Waals surface area contributed by atoms with Gasteiger partial charge in [0.2, 0.25) is 0 Å². The fourth-order valence-electron chi connectivity index (χ4n) is 1.65. The minimum atomic E-state index is -2.41. The molecule has 0 spiro atoms. The molecule has 2 aromatic carbocycles. The summed E-state index contributed by atoms with van der Waals surface area (Å²) in [6.45, 7) is 4.35. The lowest BCUT2D eigenvalue weighted by Gasteiger charge is -2.18. The van der Waals surface area contributed by atoms with Crippen molar-refractivity contribution in [1.29, 1.82) is 0 Å². The summed E-state index contributed by atoms with van der Waals surface area (Å²) in [6.07, 6.45) is 0. The summed E-state index contributed by atoms with van der Waals surface area (Å²) in [7, 11) is -2.41. The lowest BCUT2D eigenvalue weighted by Crippen LogP contribution is -2.11. The summed E-state index contributed by atoms with van der Waals surface area (Å²) in [4.78, 5) is 0. The molecule has 3 nitrogen and oxygen atoms in total. The van der Waals surface area contributed by atoms with Crippen LogP contribution in [-0.2, 0) is 4.52 Å². The van der Waals surface area contributed by atoms with Gasteiger partial charge in [0, 0.05) is 0 Å². The zero-order chi connectivity index (χ0) is 13.6. The van der Waals surface area contributed by atoms with E-state index in [1.165, 1.54) is 0 Å². The summed E-state index contributed by atoms with van der Waals surface area (Å²) in [6, 6.07) is 19.2. The lowest BCUT2D eigenvalue weighted by molar-refractivity contribution is 0.260. The Morgan fingerprint density at radius 1 is 0.789 bits per heavy atom. The van der Waals surface area contributed by atoms with Gasteiger partial charge in [0.25, 0.3) is 0 Å². The van der Waals surface area contributed by atoms with Crippen molar-refractivity contribution in [2.45, 2.75) is 6.92 Å². The number of hydrogen-bond acceptors (Lipinski definition) is 3. The molecular formula is C15H18O3P+. The van der Waals surface area contributed by atoms with Crippen molar-refractivity contribution in [1.82, 2.24) is 0 Å². The number of benzene rings is 2. The van der Waals surface area contributed by atoms with E-state index in [1.807, 2.05) is 74.3 Å². The molecule has 2 aromatic rings. The molecule has 0 aliphatic carbocycles. The van der Waals surface area contributed by atoms with Crippen molar-refractivity contribution in [2.75, 3.05) is 13.3 Å². The van der Waals surface area contributed by atoms with Crippen LogP contribution >= 0.6 is 7.94 Å². The van der Waals surface area contributed by atoms with Crippen LogP contribution in [0.5, 0.6) is 11.5 Å². The molecule has 0 unspecified atom stereocenters. The third-order valence-corrected chi connectivity index (χ3v) is 4.20. The van der Waals surface area contributed by atoms with E-state index in [-0.39, 0.29) is 0 Å². The monoisotopic (exact) mass is 277 g/mol. The van der Waals surface area contributed by atoms with Gasteiger partial charge in [-0.1, -0.05) is 36.4 Å². The smallest absolute Gasteiger partial charge is 0.278 e. The third kappa shape index (κ3) is 4.23. The van der Waals surface area contributed by atoms with Gasteiger partial charge in [-0.25, -0.2) is 0 Å². The molecule has 0 aromatic heterocycles. The summed E-state index contributed by atoms with van der Waals surface area (Å²) >= 11 is 0. The molecule has 0 bridgehead atoms. The van der Waals surface area contributed by atoms with Crippen LogP contribution in [0, 0.1) is 0 Å². The maximum atomic E-state index is 5.91. The van der Waals surface area contributed by atoms with Gasteiger partial charge >= 0.3 is 7.94 Å². The highest BCUT2D eigenvalue weighted by atomic mass is 31.2. The average molecular weight is 277 g/mol. The molecule has 0 radical (unpaired) electrons. The molecule has 100 valence electrons. The second-order valence-corrected chi connectivity index (χ2v) is 6.16. The normalized spacial score (nSPS) is 11.1. The average Bonchev–Trinajstić information content (AvgIpc) is 2.41. The molecule has 0 amide bonds. The lowest BCUT2D eigenvalue weighted by atomic mass is 10.3. The van der Waals surface area contributed by atoms with E-state index < -0.39 is 7.94 Å². The van der Waals surface area contributed by atoms with E-state index >= 15 is 0 Å². The second kappa shape index (κ2) is 6.55. The minimum absolute atomic E-state index is 0.546. The molecule has 19 heavy (non-hydrogen) atoms. The second-order valence-electron chi connectivity index (χ2n) is 4.00. The largest absolute Gasteiger partial charge is 0.494 e. The fourth-order valence-corrected chi connectivity index (χ4v) is 3.27. The Labute approximate surface area is 114 Å². The molecular weight excluding hydrogens is 259 g/mol. The van der Waals surface area contributed by atoms with Crippen molar-refractivity contribution in [2.24, 2.45) is 0 Å². The summed E-state index contributed by atoms with van der Waals surface area (Å²) in [5, 5.41) is 0. The van der Waals surface area contributed by atoms with E-state index in [4.69, 9.17) is 13.6 Å². The molecule has 2 rings (SSSR count). The van der Waals surface area contributed by atoms with Gasteiger partial charge in [0.15, 0.2) is 11.5 Å². The highest BCUT2D eigenvalue weighted by molar-refractivity contribution is 7.61. The van der Waals surface area contributed by atoms with E-state index in [9.17, 15) is 0 Å². The first-order chi connectivity index (χ1) is 9.22. The van der Waals surface area contributed by atoms with Gasteiger partial charge in [0.1, 0.15) is 6.66 Å². The zero-order valence-corrected chi connectivity index (χ0v) is 12.0. The quantitative estimate of drug-likeness (QED) is 0.724. The van der Waals surface area contributed by atoms with Gasteiger partial charge in [-0.3, -0.25) is 9.05 Å². The molecule has 0 saturated carbocycles. The first-order valence-electron chi connectivity index (χ1n) is 6.22. The Balaban J connectivity index is 2.13. The molecule has 0 saturated heterocycles. The van der Waals surface area contributed by atoms with Crippen molar-refractivity contribution in [3.63, 3.8) is 0 Å². The highest BCUT2D eigenvalue weighted by Crippen LogP contribution is 2.57. The van der Waals surface area contributed by atoms with Gasteiger partial charge in [0.05, 0.1) is 6.61 Å². The van der Waals surface area contributed by atoms with E-state index in [2.05, 4.69) is 0 Å². The first-order valence-corrected chi connectivity index (χ1v) is 8.21. The Morgan fingerprint density at radius 3 is 1.58 bits per heavy atom. The van der Waals surface area contributed by atoms with Crippen LogP contribution in [0.2, 0.25) is 0 Å². The van der Waals surface area contributed by atoms with E-state index in [0.29, 0.717) is 6.61 Å². The molecule has 0 N–H and O–H groups in total. The van der Waals surface area contributed by atoms with Gasteiger partial charge in [-0.05, 0) is 31.2 Å². The summed E-state index contributed by atoms with van der Waals surface area (Å²) in [5.74, 6) is 1.51. The van der Waals surface area contributed by atoms with E-state index in [0.717, 1.165) is 11.5 Å². The SMILES string of the molecule is CCO[P+](C)(Oc1ccccc1)Oc1ccccc1. The van der Waals surface area contributed by atoms with Crippen LogP contribution < -0.4 is 9.05 Å². The first kappa shape index (κ1) is 13.9. The Kier molecular flexibility index (Phi) is 4.78. The van der Waals surface area contributed by atoms with Gasteiger partial charge < -0.3 is 0 Å². The Bertz CT molecular complexity index is 446. The third-order valence-electron chi connectivity index (χ3n) is 2.39. The van der Waals surface area contributed by atoms with Crippen LogP contribution in [0.3, 0.4) is 0 Å². The predicted molar refractivity (Wildman–Crippen MR) is 78.6 cm³/mol. The Morgan fingerprint density at radius 2 is 1.21 bits per heavy atom. The molecule has 0 fully saturated rings. The number of rotatable bonds is 6. The standard InChI is InChI=1S/C15H18O3P/c1-3-16-19(2,17-14-10-6-4-7-11-14)18-15-12-8-5-9-13-15/h4-13H,3H2,1-2H3/q+1. The van der Waals surface area contributed by atoms with E-state index in [1.54, 1.807) is 0 Å². The van der Waals surface area contributed by atoms with Crippen molar-refractivity contribution < 1.29 is 13.6 Å². The summed E-state index contributed by atoms with van der Waals surface area (Å²) in [5.41, 5.74) is 0. The van der Waals surface area contributed by atoms with Crippen LogP contribution in [0.1, 0.15) is 6.92 Å². The highest BCUT2D eigenvalue weighted by Gasteiger charge is 2.41. The maximum absolute atomic E-state index is 5.91. The van der Waals surface area contributed by atoms with Crippen LogP contribution in [0.25, 0.3) is 0 Å². The van der Waals surface area contributed by atoms with Gasteiger partial charge in [-0.15, -0.1) is 0 Å². The van der Waals surface area contributed by atoms with Crippen molar-refractivity contribution in [3.8, 4) is 11.5 Å². The van der Waals surface area contributed by atoms with Crippen LogP contribution in [-0.4, -0.2) is 13.3 Å². The number of hydrogen-bond donors (Lipinski definition) is 0. The number of para-hydroxylation sites is 2. The van der Waals surface area contributed by atoms with Crippen LogP contribution in [0.4, 0.5) is 0 Å². The molecule has 0 atom stereocenters. The molecule has 0 heterocycles. The van der Waals surface area contributed by atoms with Crippen LogP contribution in [0.15, 0.2) is 60.7 Å². The minimum Gasteiger partial charge on any atom is -0.278 e.